The Morgan fingerprint density at radius 2 is 2.20 bits per heavy atom. The zero-order valence-electron chi connectivity index (χ0n) is 10.3. The molecule has 1 aliphatic rings. The summed E-state index contributed by atoms with van der Waals surface area (Å²) in [6, 6.07) is 0.563. The largest absolute Gasteiger partial charge is 0.489 e. The van der Waals surface area contributed by atoms with Crippen molar-refractivity contribution in [2.24, 2.45) is 0 Å². The number of aromatic carboxylic acids is 1. The molecule has 1 aromatic heterocycles. The van der Waals surface area contributed by atoms with Gasteiger partial charge in [-0.25, -0.2) is 13.6 Å². The highest BCUT2D eigenvalue weighted by molar-refractivity contribution is 5.94. The summed E-state index contributed by atoms with van der Waals surface area (Å²) in [5, 5.41) is 8.43. The number of pyridine rings is 1. The lowest BCUT2D eigenvalue weighted by molar-refractivity contribution is 0.0694. The van der Waals surface area contributed by atoms with E-state index in [1.54, 1.807) is 6.92 Å². The van der Waals surface area contributed by atoms with E-state index in [0.29, 0.717) is 0 Å². The minimum atomic E-state index is -1.48. The highest BCUT2D eigenvalue weighted by atomic mass is 19.2. The van der Waals surface area contributed by atoms with Gasteiger partial charge in [0.25, 0.3) is 0 Å². The fourth-order valence-corrected chi connectivity index (χ4v) is 2.35. The van der Waals surface area contributed by atoms with E-state index in [1.165, 1.54) is 4.57 Å². The first kappa shape index (κ1) is 12.6. The van der Waals surface area contributed by atoms with Crippen LogP contribution in [0.25, 0.3) is 10.9 Å². The summed E-state index contributed by atoms with van der Waals surface area (Å²) in [5.74, 6) is -4.05. The number of aromatic nitrogens is 1. The van der Waals surface area contributed by atoms with Crippen LogP contribution in [0.5, 0.6) is 5.75 Å². The molecular weight excluding hydrogens is 272 g/mol. The Balaban J connectivity index is 2.60. The van der Waals surface area contributed by atoms with E-state index in [2.05, 4.69) is 0 Å². The van der Waals surface area contributed by atoms with Crippen molar-refractivity contribution in [2.45, 2.75) is 13.0 Å². The molecule has 0 saturated heterocycles. The Morgan fingerprint density at radius 1 is 1.50 bits per heavy atom. The summed E-state index contributed by atoms with van der Waals surface area (Å²) in [7, 11) is 0. The average molecular weight is 281 g/mol. The SMILES string of the molecule is CC1COc2cc(F)c(F)c3c(=O)c(C(=O)O)cn1c23. The van der Waals surface area contributed by atoms with E-state index in [9.17, 15) is 18.4 Å². The molecule has 3 rings (SSSR count). The molecule has 2 aromatic rings. The van der Waals surface area contributed by atoms with E-state index >= 15 is 0 Å². The quantitative estimate of drug-likeness (QED) is 0.867. The van der Waals surface area contributed by atoms with Crippen LogP contribution in [-0.2, 0) is 0 Å². The van der Waals surface area contributed by atoms with Gasteiger partial charge in [-0.2, -0.15) is 0 Å². The van der Waals surface area contributed by atoms with E-state index in [4.69, 9.17) is 9.84 Å². The van der Waals surface area contributed by atoms with Gasteiger partial charge in [0.15, 0.2) is 11.6 Å². The molecule has 0 bridgehead atoms. The molecule has 0 radical (unpaired) electrons. The van der Waals surface area contributed by atoms with Crippen LogP contribution in [0.4, 0.5) is 8.78 Å². The second kappa shape index (κ2) is 4.03. The molecule has 2 heterocycles. The van der Waals surface area contributed by atoms with Gasteiger partial charge in [-0.15, -0.1) is 0 Å². The maximum Gasteiger partial charge on any atom is 0.341 e. The maximum atomic E-state index is 13.9. The summed E-state index contributed by atoms with van der Waals surface area (Å²) in [6.45, 7) is 1.90. The van der Waals surface area contributed by atoms with Gasteiger partial charge >= 0.3 is 5.97 Å². The average Bonchev–Trinajstić information content (AvgIpc) is 2.39. The topological polar surface area (TPSA) is 68.5 Å². The third-order valence-electron chi connectivity index (χ3n) is 3.34. The minimum absolute atomic E-state index is 0.0334. The molecule has 0 amide bonds. The van der Waals surface area contributed by atoms with Gasteiger partial charge in [0.1, 0.15) is 17.9 Å². The lowest BCUT2D eigenvalue weighted by Gasteiger charge is -2.26. The molecule has 1 unspecified atom stereocenters. The van der Waals surface area contributed by atoms with Crippen molar-refractivity contribution >= 4 is 16.9 Å². The molecule has 104 valence electrons. The number of carboxylic acid groups (broad SMARTS) is 1. The number of ether oxygens (including phenoxy) is 1. The van der Waals surface area contributed by atoms with Gasteiger partial charge in [-0.1, -0.05) is 0 Å². The second-order valence-electron chi connectivity index (χ2n) is 4.64. The van der Waals surface area contributed by atoms with E-state index in [1.807, 2.05) is 0 Å². The van der Waals surface area contributed by atoms with Crippen LogP contribution >= 0.6 is 0 Å². The fourth-order valence-electron chi connectivity index (χ4n) is 2.35. The number of benzene rings is 1. The van der Waals surface area contributed by atoms with Crippen molar-refractivity contribution in [1.82, 2.24) is 4.57 Å². The van der Waals surface area contributed by atoms with Crippen molar-refractivity contribution < 1.29 is 23.4 Å². The molecule has 1 atom stereocenters. The van der Waals surface area contributed by atoms with Crippen molar-refractivity contribution in [3.63, 3.8) is 0 Å². The minimum Gasteiger partial charge on any atom is -0.489 e. The fraction of sp³-hybridized carbons (Fsp3) is 0.231. The predicted molar refractivity (Wildman–Crippen MR) is 65.3 cm³/mol. The standard InChI is InChI=1S/C13H9F2NO4/c1-5-4-20-8-2-7(14)10(15)9-11(8)16(5)3-6(12(9)17)13(18)19/h2-3,5H,4H2,1H3,(H,18,19). The number of hydrogen-bond donors (Lipinski definition) is 1. The van der Waals surface area contributed by atoms with Gasteiger partial charge in [-0.05, 0) is 6.92 Å². The molecule has 1 aliphatic heterocycles. The molecule has 0 spiro atoms. The number of halogens is 2. The zero-order chi connectivity index (χ0) is 14.6. The molecule has 20 heavy (non-hydrogen) atoms. The van der Waals surface area contributed by atoms with Gasteiger partial charge < -0.3 is 14.4 Å². The molecule has 7 heteroatoms. The third-order valence-corrected chi connectivity index (χ3v) is 3.34. The van der Waals surface area contributed by atoms with Crippen LogP contribution in [-0.4, -0.2) is 22.2 Å². The van der Waals surface area contributed by atoms with Gasteiger partial charge in [0.2, 0.25) is 5.43 Å². The zero-order valence-corrected chi connectivity index (χ0v) is 10.3. The van der Waals surface area contributed by atoms with Crippen LogP contribution in [0.2, 0.25) is 0 Å². The summed E-state index contributed by atoms with van der Waals surface area (Å²) >= 11 is 0. The lowest BCUT2D eigenvalue weighted by atomic mass is 10.1. The number of carboxylic acids is 1. The van der Waals surface area contributed by atoms with Crippen LogP contribution in [0.1, 0.15) is 23.3 Å². The molecular formula is C13H9F2NO4. The molecule has 0 saturated carbocycles. The van der Waals surface area contributed by atoms with Gasteiger partial charge in [-0.3, -0.25) is 4.79 Å². The van der Waals surface area contributed by atoms with Crippen LogP contribution in [0.15, 0.2) is 17.1 Å². The summed E-state index contributed by atoms with van der Waals surface area (Å²) in [4.78, 5) is 23.1. The third kappa shape index (κ3) is 1.52. The maximum absolute atomic E-state index is 13.9. The first-order valence-electron chi connectivity index (χ1n) is 5.84. The Hall–Kier alpha value is -2.44. The van der Waals surface area contributed by atoms with Crippen LogP contribution < -0.4 is 10.2 Å². The van der Waals surface area contributed by atoms with Crippen molar-refractivity contribution in [2.75, 3.05) is 6.61 Å². The Labute approximate surface area is 111 Å². The van der Waals surface area contributed by atoms with E-state index in [0.717, 1.165) is 12.3 Å². The number of rotatable bonds is 1. The van der Waals surface area contributed by atoms with Crippen molar-refractivity contribution in [1.29, 1.82) is 0 Å². The molecule has 5 nitrogen and oxygen atoms in total. The number of nitrogens with zero attached hydrogens (tertiary/aromatic N) is 1. The van der Waals surface area contributed by atoms with Crippen molar-refractivity contribution in [3.05, 3.63) is 39.7 Å². The van der Waals surface area contributed by atoms with Gasteiger partial charge in [0, 0.05) is 12.3 Å². The van der Waals surface area contributed by atoms with Gasteiger partial charge in [0.05, 0.1) is 16.9 Å². The highest BCUT2D eigenvalue weighted by Gasteiger charge is 2.27. The van der Waals surface area contributed by atoms with Crippen molar-refractivity contribution in [3.8, 4) is 5.75 Å². The van der Waals surface area contributed by atoms with Crippen LogP contribution in [0.3, 0.4) is 0 Å². The lowest BCUT2D eigenvalue weighted by Crippen LogP contribution is -2.27. The Bertz CT molecular complexity index is 812. The van der Waals surface area contributed by atoms with E-state index in [-0.39, 0.29) is 23.9 Å². The van der Waals surface area contributed by atoms with Crippen LogP contribution in [0, 0.1) is 11.6 Å². The first-order valence-corrected chi connectivity index (χ1v) is 5.84. The summed E-state index contributed by atoms with van der Waals surface area (Å²) < 4.78 is 34.1. The molecule has 0 fully saturated rings. The second-order valence-corrected chi connectivity index (χ2v) is 4.64. The first-order chi connectivity index (χ1) is 9.41. The Kier molecular flexibility index (Phi) is 2.53. The Morgan fingerprint density at radius 3 is 2.85 bits per heavy atom. The highest BCUT2D eigenvalue weighted by Crippen LogP contribution is 2.34. The molecule has 0 aliphatic carbocycles. The molecule has 1 aromatic carbocycles. The monoisotopic (exact) mass is 281 g/mol. The van der Waals surface area contributed by atoms with E-state index < -0.39 is 34.0 Å². The molecule has 1 N–H and O–H groups in total. The number of carbonyl (C=O) groups is 1. The summed E-state index contributed by atoms with van der Waals surface area (Å²) in [6.07, 6.45) is 1.14. The normalized spacial score (nSPS) is 17.1. The smallest absolute Gasteiger partial charge is 0.341 e. The summed E-state index contributed by atoms with van der Waals surface area (Å²) in [5.41, 5.74) is -1.57. The predicted octanol–water partition coefficient (Wildman–Crippen LogP) is 1.93. The number of hydrogen-bond acceptors (Lipinski definition) is 3.